The summed E-state index contributed by atoms with van der Waals surface area (Å²) in [6.07, 6.45) is 0.745. The van der Waals surface area contributed by atoms with Crippen LogP contribution in [-0.4, -0.2) is 48.7 Å². The molecule has 1 saturated heterocycles. The van der Waals surface area contributed by atoms with Gasteiger partial charge in [-0.25, -0.2) is 0 Å². The lowest BCUT2D eigenvalue weighted by molar-refractivity contribution is 0.0391. The molecule has 1 N–H and O–H groups in total. The predicted octanol–water partition coefficient (Wildman–Crippen LogP) is 2.74. The second-order valence-corrected chi connectivity index (χ2v) is 5.31. The van der Waals surface area contributed by atoms with Gasteiger partial charge in [-0.2, -0.15) is 0 Å². The van der Waals surface area contributed by atoms with Crippen molar-refractivity contribution in [2.24, 2.45) is 5.16 Å². The topological polar surface area (TPSA) is 45.1 Å². The van der Waals surface area contributed by atoms with Gasteiger partial charge in [0.15, 0.2) is 0 Å². The van der Waals surface area contributed by atoms with Crippen molar-refractivity contribution in [3.8, 4) is 0 Å². The standard InChI is InChI=1S/C17H20N2O2/c20-18-17(7-8-19-9-11-21-12-10-19)16-6-5-14-3-1-2-4-15(14)13-16/h1-6,13,20H,7-12H2/b18-17-. The Labute approximate surface area is 124 Å². The summed E-state index contributed by atoms with van der Waals surface area (Å²) in [4.78, 5) is 2.34. The van der Waals surface area contributed by atoms with Crippen molar-refractivity contribution in [3.05, 3.63) is 48.0 Å². The van der Waals surface area contributed by atoms with Gasteiger partial charge >= 0.3 is 0 Å². The molecule has 3 rings (SSSR count). The van der Waals surface area contributed by atoms with Crippen LogP contribution < -0.4 is 0 Å². The monoisotopic (exact) mass is 284 g/mol. The van der Waals surface area contributed by atoms with Crippen LogP contribution in [0.1, 0.15) is 12.0 Å². The molecule has 0 spiro atoms. The minimum absolute atomic E-state index is 0.743. The highest BCUT2D eigenvalue weighted by atomic mass is 16.5. The SMILES string of the molecule is O/N=C(/CCN1CCOCC1)c1ccc2ccccc2c1. The first-order valence-corrected chi connectivity index (χ1v) is 7.37. The Balaban J connectivity index is 1.72. The highest BCUT2D eigenvalue weighted by molar-refractivity contribution is 6.03. The van der Waals surface area contributed by atoms with E-state index in [0.717, 1.165) is 50.5 Å². The van der Waals surface area contributed by atoms with Crippen molar-refractivity contribution in [2.45, 2.75) is 6.42 Å². The predicted molar refractivity (Wildman–Crippen MR) is 84.1 cm³/mol. The average molecular weight is 284 g/mol. The fourth-order valence-electron chi connectivity index (χ4n) is 2.71. The summed E-state index contributed by atoms with van der Waals surface area (Å²) in [7, 11) is 0. The van der Waals surface area contributed by atoms with Gasteiger partial charge in [0.2, 0.25) is 0 Å². The first-order valence-electron chi connectivity index (χ1n) is 7.37. The number of benzene rings is 2. The number of morpholine rings is 1. The van der Waals surface area contributed by atoms with Crippen molar-refractivity contribution in [3.63, 3.8) is 0 Å². The Morgan fingerprint density at radius 1 is 1.10 bits per heavy atom. The maximum absolute atomic E-state index is 9.33. The van der Waals surface area contributed by atoms with E-state index in [0.29, 0.717) is 0 Å². The summed E-state index contributed by atoms with van der Waals surface area (Å²) in [5.74, 6) is 0. The molecule has 0 atom stereocenters. The first kappa shape index (κ1) is 14.0. The normalized spacial score (nSPS) is 17.2. The van der Waals surface area contributed by atoms with Crippen LogP contribution in [0, 0.1) is 0 Å². The molecule has 1 aliphatic rings. The minimum Gasteiger partial charge on any atom is -0.411 e. The summed E-state index contributed by atoms with van der Waals surface area (Å²) in [6, 6.07) is 14.4. The lowest BCUT2D eigenvalue weighted by Gasteiger charge is -2.26. The third-order valence-electron chi connectivity index (χ3n) is 3.97. The van der Waals surface area contributed by atoms with Gasteiger partial charge in [-0.3, -0.25) is 4.90 Å². The zero-order valence-corrected chi connectivity index (χ0v) is 12.0. The molecule has 2 aromatic carbocycles. The molecule has 2 aromatic rings. The van der Waals surface area contributed by atoms with Crippen LogP contribution in [0.2, 0.25) is 0 Å². The molecular weight excluding hydrogens is 264 g/mol. The van der Waals surface area contributed by atoms with Crippen molar-refractivity contribution < 1.29 is 9.94 Å². The van der Waals surface area contributed by atoms with Crippen LogP contribution in [0.4, 0.5) is 0 Å². The fourth-order valence-corrected chi connectivity index (χ4v) is 2.71. The largest absolute Gasteiger partial charge is 0.411 e. The summed E-state index contributed by atoms with van der Waals surface area (Å²) >= 11 is 0. The van der Waals surface area contributed by atoms with Gasteiger partial charge in [-0.15, -0.1) is 0 Å². The van der Waals surface area contributed by atoms with E-state index in [-0.39, 0.29) is 0 Å². The molecule has 0 unspecified atom stereocenters. The summed E-state index contributed by atoms with van der Waals surface area (Å²) in [5, 5.41) is 15.2. The van der Waals surface area contributed by atoms with Crippen molar-refractivity contribution in [1.82, 2.24) is 4.90 Å². The molecule has 110 valence electrons. The molecule has 1 fully saturated rings. The number of hydrogen-bond donors (Lipinski definition) is 1. The Morgan fingerprint density at radius 2 is 1.86 bits per heavy atom. The van der Waals surface area contributed by atoms with Crippen LogP contribution in [0.5, 0.6) is 0 Å². The third-order valence-corrected chi connectivity index (χ3v) is 3.97. The summed E-state index contributed by atoms with van der Waals surface area (Å²) in [5.41, 5.74) is 1.73. The van der Waals surface area contributed by atoms with Crippen LogP contribution in [0.15, 0.2) is 47.6 Å². The minimum atomic E-state index is 0.743. The van der Waals surface area contributed by atoms with Gasteiger partial charge in [0, 0.05) is 26.1 Å². The van der Waals surface area contributed by atoms with E-state index >= 15 is 0 Å². The van der Waals surface area contributed by atoms with Crippen molar-refractivity contribution in [1.29, 1.82) is 0 Å². The number of oxime groups is 1. The highest BCUT2D eigenvalue weighted by Gasteiger charge is 2.12. The van der Waals surface area contributed by atoms with Crippen molar-refractivity contribution >= 4 is 16.5 Å². The summed E-state index contributed by atoms with van der Waals surface area (Å²) < 4.78 is 5.34. The van der Waals surface area contributed by atoms with Gasteiger partial charge < -0.3 is 9.94 Å². The van der Waals surface area contributed by atoms with Gasteiger partial charge in [0.25, 0.3) is 0 Å². The van der Waals surface area contributed by atoms with Crippen LogP contribution in [0.3, 0.4) is 0 Å². The van der Waals surface area contributed by atoms with E-state index in [9.17, 15) is 5.21 Å². The van der Waals surface area contributed by atoms with Crippen molar-refractivity contribution in [2.75, 3.05) is 32.8 Å². The Morgan fingerprint density at radius 3 is 2.62 bits per heavy atom. The maximum Gasteiger partial charge on any atom is 0.0880 e. The number of fused-ring (bicyclic) bond motifs is 1. The third kappa shape index (κ3) is 3.40. The Hall–Kier alpha value is -1.91. The fraction of sp³-hybridized carbons (Fsp3) is 0.353. The molecule has 0 saturated carbocycles. The smallest absolute Gasteiger partial charge is 0.0880 e. The lowest BCUT2D eigenvalue weighted by atomic mass is 10.0. The van der Waals surface area contributed by atoms with Gasteiger partial charge in [0.1, 0.15) is 0 Å². The number of ether oxygens (including phenoxy) is 1. The molecule has 0 aromatic heterocycles. The molecule has 0 aliphatic carbocycles. The molecule has 0 radical (unpaired) electrons. The highest BCUT2D eigenvalue weighted by Crippen LogP contribution is 2.17. The Bertz CT molecular complexity index is 633. The van der Waals surface area contributed by atoms with E-state index in [1.807, 2.05) is 18.2 Å². The number of hydrogen-bond acceptors (Lipinski definition) is 4. The quantitative estimate of drug-likeness (QED) is 0.533. The second-order valence-electron chi connectivity index (χ2n) is 5.31. The summed E-state index contributed by atoms with van der Waals surface area (Å²) in [6.45, 7) is 4.39. The van der Waals surface area contributed by atoms with Gasteiger partial charge in [-0.1, -0.05) is 41.6 Å². The molecule has 4 nitrogen and oxygen atoms in total. The number of rotatable bonds is 4. The van der Waals surface area contributed by atoms with E-state index in [1.165, 1.54) is 10.8 Å². The first-order chi connectivity index (χ1) is 10.4. The molecule has 21 heavy (non-hydrogen) atoms. The van der Waals surface area contributed by atoms with Crippen LogP contribution in [-0.2, 0) is 4.74 Å². The van der Waals surface area contributed by atoms with E-state index in [1.54, 1.807) is 0 Å². The lowest BCUT2D eigenvalue weighted by Crippen LogP contribution is -2.37. The zero-order valence-electron chi connectivity index (χ0n) is 12.0. The van der Waals surface area contributed by atoms with Gasteiger partial charge in [0.05, 0.1) is 18.9 Å². The second kappa shape index (κ2) is 6.70. The van der Waals surface area contributed by atoms with E-state index in [2.05, 4.69) is 34.3 Å². The maximum atomic E-state index is 9.33. The van der Waals surface area contributed by atoms with E-state index < -0.39 is 0 Å². The van der Waals surface area contributed by atoms with Gasteiger partial charge in [-0.05, 0) is 22.4 Å². The van der Waals surface area contributed by atoms with Crippen LogP contribution in [0.25, 0.3) is 10.8 Å². The zero-order chi connectivity index (χ0) is 14.5. The molecule has 1 heterocycles. The average Bonchev–Trinajstić information content (AvgIpc) is 2.56. The number of nitrogens with zero attached hydrogens (tertiary/aromatic N) is 2. The molecule has 0 bridgehead atoms. The molecule has 1 aliphatic heterocycles. The van der Waals surface area contributed by atoms with E-state index in [4.69, 9.17) is 4.74 Å². The Kier molecular flexibility index (Phi) is 4.48. The molecular formula is C17H20N2O2. The van der Waals surface area contributed by atoms with Crippen LogP contribution >= 0.6 is 0 Å². The molecule has 4 heteroatoms. The molecule has 0 amide bonds.